The number of benzene rings is 2. The van der Waals surface area contributed by atoms with Gasteiger partial charge >= 0.3 is 5.88 Å². The van der Waals surface area contributed by atoms with Crippen LogP contribution in [-0.4, -0.2) is 35.7 Å². The molecule has 4 aromatic rings. The Morgan fingerprint density at radius 3 is 2.64 bits per heavy atom. The van der Waals surface area contributed by atoms with E-state index in [2.05, 4.69) is 10.1 Å². The third-order valence-electron chi connectivity index (χ3n) is 4.46. The minimum atomic E-state index is -0.652. The molecule has 0 aliphatic heterocycles. The van der Waals surface area contributed by atoms with Crippen LogP contribution in [0, 0.1) is 10.1 Å². The van der Waals surface area contributed by atoms with Crippen molar-refractivity contribution in [3.8, 4) is 11.5 Å². The number of hydrogen-bond donors (Lipinski definition) is 0. The number of furan rings is 1. The zero-order valence-electron chi connectivity index (χ0n) is 17.6. The van der Waals surface area contributed by atoms with Crippen molar-refractivity contribution in [1.29, 1.82) is 0 Å². The number of nitrogens with zero attached hydrogens (tertiary/aromatic N) is 4. The van der Waals surface area contributed by atoms with Gasteiger partial charge in [-0.1, -0.05) is 11.3 Å². The average Bonchev–Trinajstić information content (AvgIpc) is 3.46. The van der Waals surface area contributed by atoms with Gasteiger partial charge in [0.25, 0.3) is 5.91 Å². The van der Waals surface area contributed by atoms with Gasteiger partial charge in [-0.05, 0) is 55.5 Å². The molecule has 2 aromatic carbocycles. The van der Waals surface area contributed by atoms with E-state index in [1.165, 1.54) is 29.7 Å². The number of aromatic nitrogens is 1. The Labute approximate surface area is 191 Å². The van der Waals surface area contributed by atoms with Crippen LogP contribution < -0.4 is 14.5 Å². The molecule has 0 aliphatic carbocycles. The quantitative estimate of drug-likeness (QED) is 0.206. The summed E-state index contributed by atoms with van der Waals surface area (Å²) in [5.74, 6) is 0.552. The van der Waals surface area contributed by atoms with Crippen LogP contribution in [-0.2, 0) is 0 Å². The van der Waals surface area contributed by atoms with E-state index < -0.39 is 16.7 Å². The van der Waals surface area contributed by atoms with Crippen LogP contribution in [0.5, 0.6) is 11.5 Å². The molecule has 0 saturated carbocycles. The van der Waals surface area contributed by atoms with Crippen LogP contribution in [0.4, 0.5) is 11.0 Å². The first kappa shape index (κ1) is 22.0. The van der Waals surface area contributed by atoms with Crippen LogP contribution in [0.3, 0.4) is 0 Å². The molecule has 0 spiro atoms. The van der Waals surface area contributed by atoms with Gasteiger partial charge in [0.1, 0.15) is 16.4 Å². The molecule has 0 saturated heterocycles. The van der Waals surface area contributed by atoms with Gasteiger partial charge in [0.15, 0.2) is 5.76 Å². The number of amides is 1. The van der Waals surface area contributed by atoms with Crippen molar-refractivity contribution in [3.05, 3.63) is 76.0 Å². The zero-order valence-corrected chi connectivity index (χ0v) is 18.4. The summed E-state index contributed by atoms with van der Waals surface area (Å²) in [6.07, 6.45) is 1.23. The highest BCUT2D eigenvalue weighted by molar-refractivity contribution is 7.22. The van der Waals surface area contributed by atoms with E-state index in [9.17, 15) is 14.9 Å². The number of anilines is 1. The van der Waals surface area contributed by atoms with Gasteiger partial charge in [-0.15, -0.1) is 0 Å². The van der Waals surface area contributed by atoms with Crippen LogP contribution in [0.2, 0.25) is 0 Å². The molecule has 0 unspecified atom stereocenters. The summed E-state index contributed by atoms with van der Waals surface area (Å²) in [6, 6.07) is 14.6. The van der Waals surface area contributed by atoms with Crippen molar-refractivity contribution in [2.45, 2.75) is 6.92 Å². The summed E-state index contributed by atoms with van der Waals surface area (Å²) in [5.41, 5.74) is 1.03. The Kier molecular flexibility index (Phi) is 6.31. The highest BCUT2D eigenvalue weighted by Crippen LogP contribution is 2.32. The Hall–Kier alpha value is -4.25. The number of carbonyl (C=O) groups is 1. The molecule has 0 atom stereocenters. The summed E-state index contributed by atoms with van der Waals surface area (Å²) >= 11 is 1.25. The molecule has 168 valence electrons. The van der Waals surface area contributed by atoms with Gasteiger partial charge in [0.2, 0.25) is 5.13 Å². The minimum absolute atomic E-state index is 0.119. The number of fused-ring (bicyclic) bond motifs is 1. The van der Waals surface area contributed by atoms with Crippen molar-refractivity contribution in [2.24, 2.45) is 5.10 Å². The second kappa shape index (κ2) is 9.49. The first-order valence-corrected chi connectivity index (χ1v) is 10.6. The molecule has 0 fully saturated rings. The standard InChI is InChI=1S/C22H18N4O6S/c1-3-31-15-6-4-14(5-7-15)21(27)25(23-13-17-9-11-20(32-17)26(28)29)22-24-18-10-8-16(30-2)12-19(18)33-22/h4-13H,3H2,1-2H3/b23-13+. The normalized spacial score (nSPS) is 11.1. The van der Waals surface area contributed by atoms with E-state index in [-0.39, 0.29) is 5.76 Å². The van der Waals surface area contributed by atoms with Gasteiger partial charge in [-0.25, -0.2) is 4.98 Å². The number of methoxy groups -OCH3 is 1. The van der Waals surface area contributed by atoms with Crippen molar-refractivity contribution >= 4 is 44.7 Å². The van der Waals surface area contributed by atoms with E-state index in [1.54, 1.807) is 43.5 Å². The number of ether oxygens (including phenoxy) is 2. The summed E-state index contributed by atoms with van der Waals surface area (Å²) in [4.78, 5) is 28.1. The van der Waals surface area contributed by atoms with E-state index in [0.29, 0.717) is 34.3 Å². The van der Waals surface area contributed by atoms with Gasteiger partial charge in [0, 0.05) is 5.56 Å². The monoisotopic (exact) mass is 466 g/mol. The molecule has 2 heterocycles. The van der Waals surface area contributed by atoms with Gasteiger partial charge < -0.3 is 13.9 Å². The maximum absolute atomic E-state index is 13.3. The Morgan fingerprint density at radius 2 is 1.97 bits per heavy atom. The van der Waals surface area contributed by atoms with Crippen molar-refractivity contribution < 1.29 is 23.6 Å². The Morgan fingerprint density at radius 1 is 1.21 bits per heavy atom. The number of carbonyl (C=O) groups excluding carboxylic acids is 1. The summed E-state index contributed by atoms with van der Waals surface area (Å²) in [5, 5.41) is 16.5. The molecule has 0 bridgehead atoms. The van der Waals surface area contributed by atoms with E-state index in [1.807, 2.05) is 13.0 Å². The van der Waals surface area contributed by atoms with Crippen LogP contribution in [0.1, 0.15) is 23.0 Å². The second-order valence-electron chi connectivity index (χ2n) is 6.58. The molecule has 0 N–H and O–H groups in total. The topological polar surface area (TPSA) is 120 Å². The summed E-state index contributed by atoms with van der Waals surface area (Å²) in [7, 11) is 1.57. The van der Waals surface area contributed by atoms with E-state index in [4.69, 9.17) is 13.9 Å². The number of nitro groups is 1. The summed E-state index contributed by atoms with van der Waals surface area (Å²) < 4.78 is 16.6. The van der Waals surface area contributed by atoms with Gasteiger partial charge in [-0.3, -0.25) is 14.9 Å². The molecule has 0 radical (unpaired) electrons. The molecule has 2 aromatic heterocycles. The predicted octanol–water partition coefficient (Wildman–Crippen LogP) is 4.89. The molecule has 4 rings (SSSR count). The van der Waals surface area contributed by atoms with Crippen molar-refractivity contribution in [3.63, 3.8) is 0 Å². The van der Waals surface area contributed by atoms with Crippen molar-refractivity contribution in [2.75, 3.05) is 18.7 Å². The average molecular weight is 466 g/mol. The van der Waals surface area contributed by atoms with Gasteiger partial charge in [0.05, 0.1) is 36.2 Å². The number of hydrogen-bond acceptors (Lipinski definition) is 9. The zero-order chi connectivity index (χ0) is 23.4. The SMILES string of the molecule is CCOc1ccc(C(=O)N(/N=C/c2ccc([N+](=O)[O-])o2)c2nc3ccc(OC)cc3s2)cc1. The molecule has 0 aliphatic rings. The summed E-state index contributed by atoms with van der Waals surface area (Å²) in [6.45, 7) is 2.38. The first-order chi connectivity index (χ1) is 16.0. The molecule has 10 nitrogen and oxygen atoms in total. The molecule has 1 amide bonds. The fourth-order valence-electron chi connectivity index (χ4n) is 2.91. The number of rotatable bonds is 8. The maximum atomic E-state index is 13.3. The predicted molar refractivity (Wildman–Crippen MR) is 124 cm³/mol. The Bertz CT molecular complexity index is 1330. The lowest BCUT2D eigenvalue weighted by molar-refractivity contribution is -0.402. The van der Waals surface area contributed by atoms with Crippen LogP contribution in [0.25, 0.3) is 10.2 Å². The molecule has 33 heavy (non-hydrogen) atoms. The fraction of sp³-hybridized carbons (Fsp3) is 0.136. The molecular formula is C22H18N4O6S. The molecular weight excluding hydrogens is 448 g/mol. The number of hydrazone groups is 1. The lowest BCUT2D eigenvalue weighted by Crippen LogP contribution is -2.25. The van der Waals surface area contributed by atoms with Crippen molar-refractivity contribution in [1.82, 2.24) is 4.98 Å². The fourth-order valence-corrected chi connectivity index (χ4v) is 3.86. The second-order valence-corrected chi connectivity index (χ2v) is 7.59. The maximum Gasteiger partial charge on any atom is 0.433 e. The highest BCUT2D eigenvalue weighted by atomic mass is 32.1. The van der Waals surface area contributed by atoms with E-state index in [0.717, 1.165) is 9.71 Å². The third-order valence-corrected chi connectivity index (χ3v) is 5.46. The lowest BCUT2D eigenvalue weighted by atomic mass is 10.2. The molecule has 11 heteroatoms. The first-order valence-electron chi connectivity index (χ1n) is 9.78. The van der Waals surface area contributed by atoms with Crippen LogP contribution in [0.15, 0.2) is 64.1 Å². The number of thiazole rings is 1. The van der Waals surface area contributed by atoms with Gasteiger partial charge in [-0.2, -0.15) is 10.1 Å². The largest absolute Gasteiger partial charge is 0.497 e. The smallest absolute Gasteiger partial charge is 0.433 e. The lowest BCUT2D eigenvalue weighted by Gasteiger charge is -2.14. The van der Waals surface area contributed by atoms with E-state index >= 15 is 0 Å². The highest BCUT2D eigenvalue weighted by Gasteiger charge is 2.22. The Balaban J connectivity index is 1.71. The third kappa shape index (κ3) is 4.83. The van der Waals surface area contributed by atoms with Crippen LogP contribution >= 0.6 is 11.3 Å². The minimum Gasteiger partial charge on any atom is -0.497 e.